The first-order valence-electron chi connectivity index (χ1n) is 7.04. The van der Waals surface area contributed by atoms with Gasteiger partial charge >= 0.3 is 6.36 Å². The third-order valence-corrected chi connectivity index (χ3v) is 4.19. The number of carbonyl (C=O) groups excluding carboxylic acids is 1. The van der Waals surface area contributed by atoms with Crippen molar-refractivity contribution in [3.8, 4) is 0 Å². The van der Waals surface area contributed by atoms with Gasteiger partial charge in [-0.15, -0.1) is 23.4 Å². The van der Waals surface area contributed by atoms with Crippen LogP contribution < -0.4 is 5.32 Å². The number of aromatic nitrogens is 2. The lowest BCUT2D eigenvalue weighted by Gasteiger charge is -2.68. The van der Waals surface area contributed by atoms with E-state index in [0.29, 0.717) is 11.8 Å². The summed E-state index contributed by atoms with van der Waals surface area (Å²) in [7, 11) is 0. The average molecular weight is 319 g/mol. The summed E-state index contributed by atoms with van der Waals surface area (Å²) in [4.78, 5) is 11.1. The molecule has 0 saturated heterocycles. The maximum absolute atomic E-state index is 11.8. The van der Waals surface area contributed by atoms with Crippen LogP contribution in [0.15, 0.2) is 4.42 Å². The molecule has 2 bridgehead atoms. The molecule has 0 aromatic carbocycles. The molecule has 1 amide bonds. The average Bonchev–Trinajstić information content (AvgIpc) is 2.74. The maximum atomic E-state index is 11.8. The van der Waals surface area contributed by atoms with Gasteiger partial charge in [0.15, 0.2) is 0 Å². The van der Waals surface area contributed by atoms with E-state index in [-0.39, 0.29) is 29.7 Å². The second kappa shape index (κ2) is 4.94. The summed E-state index contributed by atoms with van der Waals surface area (Å²) in [6, 6.07) is 0. The molecule has 1 heterocycles. The first-order chi connectivity index (χ1) is 10.2. The molecule has 0 unspecified atom stereocenters. The van der Waals surface area contributed by atoms with Crippen LogP contribution in [0, 0.1) is 0 Å². The number of nitrogens with zero attached hydrogens (tertiary/aromatic N) is 2. The van der Waals surface area contributed by atoms with Crippen molar-refractivity contribution in [2.24, 2.45) is 0 Å². The van der Waals surface area contributed by atoms with Crippen LogP contribution in [0.2, 0.25) is 0 Å². The van der Waals surface area contributed by atoms with Gasteiger partial charge in [-0.2, -0.15) is 0 Å². The van der Waals surface area contributed by atoms with Gasteiger partial charge in [0, 0.05) is 18.9 Å². The molecule has 3 aliphatic carbocycles. The standard InChI is InChI=1S/C13H16F3N3O3/c1-8(20)17-12-5-11(6-12,7-12)10-19-18-9(22-10)3-2-4-21-13(14,15)16/h2-7H2,1H3,(H,17,20). The lowest BCUT2D eigenvalue weighted by molar-refractivity contribution is -0.324. The number of aryl methyl sites for hydroxylation is 1. The van der Waals surface area contributed by atoms with Crippen LogP contribution in [-0.2, 0) is 21.4 Å². The van der Waals surface area contributed by atoms with Gasteiger partial charge < -0.3 is 9.73 Å². The number of halogens is 3. The van der Waals surface area contributed by atoms with Gasteiger partial charge in [0.05, 0.1) is 12.0 Å². The molecular weight excluding hydrogens is 303 g/mol. The monoisotopic (exact) mass is 319 g/mol. The molecule has 3 fully saturated rings. The molecule has 1 aromatic rings. The zero-order chi connectivity index (χ0) is 16.0. The molecule has 22 heavy (non-hydrogen) atoms. The Balaban J connectivity index is 1.47. The normalized spacial score (nSPS) is 29.6. The third-order valence-electron chi connectivity index (χ3n) is 4.19. The lowest BCUT2D eigenvalue weighted by Crippen LogP contribution is -2.76. The molecule has 1 aromatic heterocycles. The van der Waals surface area contributed by atoms with Crippen molar-refractivity contribution < 1.29 is 27.1 Å². The van der Waals surface area contributed by atoms with E-state index in [1.807, 2.05) is 0 Å². The van der Waals surface area contributed by atoms with Crippen LogP contribution in [-0.4, -0.2) is 34.6 Å². The van der Waals surface area contributed by atoms with Gasteiger partial charge in [0.2, 0.25) is 17.7 Å². The zero-order valence-corrected chi connectivity index (χ0v) is 12.0. The summed E-state index contributed by atoms with van der Waals surface area (Å²) in [6.45, 7) is 1.05. The number of amides is 1. The minimum absolute atomic E-state index is 0.0517. The first kappa shape index (κ1) is 15.3. The molecule has 1 N–H and O–H groups in total. The third kappa shape index (κ3) is 2.81. The fraction of sp³-hybridized carbons (Fsp3) is 0.769. The Bertz CT molecular complexity index is 565. The van der Waals surface area contributed by atoms with Crippen molar-refractivity contribution in [2.75, 3.05) is 6.61 Å². The molecule has 3 aliphatic rings. The van der Waals surface area contributed by atoms with Crippen molar-refractivity contribution in [1.29, 1.82) is 0 Å². The number of ether oxygens (including phenoxy) is 1. The molecular formula is C13H16F3N3O3. The van der Waals surface area contributed by atoms with Crippen molar-refractivity contribution in [3.63, 3.8) is 0 Å². The second-order valence-corrected chi connectivity index (χ2v) is 6.17. The highest BCUT2D eigenvalue weighted by Crippen LogP contribution is 2.67. The van der Waals surface area contributed by atoms with Crippen LogP contribution in [0.25, 0.3) is 0 Å². The van der Waals surface area contributed by atoms with Crippen LogP contribution in [0.5, 0.6) is 0 Å². The molecule has 0 radical (unpaired) electrons. The van der Waals surface area contributed by atoms with Crippen LogP contribution in [0.1, 0.15) is 44.4 Å². The molecule has 0 atom stereocenters. The molecule has 0 aliphatic heterocycles. The molecule has 6 nitrogen and oxygen atoms in total. The maximum Gasteiger partial charge on any atom is 0.522 e. The minimum atomic E-state index is -4.61. The second-order valence-electron chi connectivity index (χ2n) is 6.17. The van der Waals surface area contributed by atoms with E-state index in [9.17, 15) is 18.0 Å². The van der Waals surface area contributed by atoms with Crippen LogP contribution in [0.4, 0.5) is 13.2 Å². The van der Waals surface area contributed by atoms with E-state index in [2.05, 4.69) is 20.3 Å². The van der Waals surface area contributed by atoms with E-state index in [1.54, 1.807) is 0 Å². The molecule has 9 heteroatoms. The Morgan fingerprint density at radius 3 is 2.64 bits per heavy atom. The van der Waals surface area contributed by atoms with Crippen molar-refractivity contribution in [3.05, 3.63) is 11.8 Å². The summed E-state index contributed by atoms with van der Waals surface area (Å²) >= 11 is 0. The minimum Gasteiger partial charge on any atom is -0.425 e. The highest BCUT2D eigenvalue weighted by molar-refractivity contribution is 5.75. The summed E-state index contributed by atoms with van der Waals surface area (Å²) < 4.78 is 44.7. The SMILES string of the molecule is CC(=O)NC12CC(c3nnc(CCCOC(F)(F)F)o3)(C1)C2. The largest absolute Gasteiger partial charge is 0.522 e. The Labute approximate surface area is 124 Å². The lowest BCUT2D eigenvalue weighted by atomic mass is 9.39. The smallest absolute Gasteiger partial charge is 0.425 e. The van der Waals surface area contributed by atoms with E-state index < -0.39 is 13.0 Å². The van der Waals surface area contributed by atoms with Crippen molar-refractivity contribution in [1.82, 2.24) is 15.5 Å². The Morgan fingerprint density at radius 2 is 2.05 bits per heavy atom. The van der Waals surface area contributed by atoms with E-state index >= 15 is 0 Å². The number of alkyl halides is 3. The van der Waals surface area contributed by atoms with Gasteiger partial charge in [-0.25, -0.2) is 0 Å². The Morgan fingerprint density at radius 1 is 1.36 bits per heavy atom. The number of hydrogen-bond donors (Lipinski definition) is 1. The highest BCUT2D eigenvalue weighted by Gasteiger charge is 2.71. The van der Waals surface area contributed by atoms with Gasteiger partial charge in [-0.1, -0.05) is 0 Å². The summed E-state index contributed by atoms with van der Waals surface area (Å²) in [5.74, 6) is 0.787. The Hall–Kier alpha value is -1.64. The fourth-order valence-electron chi connectivity index (χ4n) is 3.50. The van der Waals surface area contributed by atoms with E-state index in [1.165, 1.54) is 6.92 Å². The summed E-state index contributed by atoms with van der Waals surface area (Å²) in [5, 5.41) is 10.8. The number of rotatable bonds is 6. The van der Waals surface area contributed by atoms with Gasteiger partial charge in [-0.05, 0) is 25.7 Å². The van der Waals surface area contributed by atoms with E-state index in [0.717, 1.165) is 19.3 Å². The van der Waals surface area contributed by atoms with E-state index in [4.69, 9.17) is 4.42 Å². The summed E-state index contributed by atoms with van der Waals surface area (Å²) in [6.07, 6.45) is -1.88. The van der Waals surface area contributed by atoms with Crippen LogP contribution >= 0.6 is 0 Å². The quantitative estimate of drug-likeness (QED) is 0.810. The van der Waals surface area contributed by atoms with Crippen molar-refractivity contribution >= 4 is 5.91 Å². The topological polar surface area (TPSA) is 77.2 Å². The predicted molar refractivity (Wildman–Crippen MR) is 66.7 cm³/mol. The number of hydrogen-bond acceptors (Lipinski definition) is 5. The van der Waals surface area contributed by atoms with Gasteiger partial charge in [-0.3, -0.25) is 9.53 Å². The number of nitrogens with one attached hydrogen (secondary N) is 1. The first-order valence-corrected chi connectivity index (χ1v) is 7.04. The van der Waals surface area contributed by atoms with Gasteiger partial charge in [0.1, 0.15) is 0 Å². The molecule has 4 rings (SSSR count). The highest BCUT2D eigenvalue weighted by atomic mass is 19.4. The molecule has 0 spiro atoms. The fourth-order valence-corrected chi connectivity index (χ4v) is 3.50. The van der Waals surface area contributed by atoms with Crippen molar-refractivity contribution in [2.45, 2.75) is 56.3 Å². The van der Waals surface area contributed by atoms with Gasteiger partial charge in [0.25, 0.3) is 0 Å². The predicted octanol–water partition coefficient (Wildman–Crippen LogP) is 1.85. The Kier molecular flexibility index (Phi) is 3.42. The van der Waals surface area contributed by atoms with Crippen LogP contribution in [0.3, 0.4) is 0 Å². The molecule has 122 valence electrons. The number of carbonyl (C=O) groups is 1. The molecule has 3 saturated carbocycles. The zero-order valence-electron chi connectivity index (χ0n) is 12.0. The summed E-state index contributed by atoms with van der Waals surface area (Å²) in [5.41, 5.74) is -0.281.